The third-order valence-corrected chi connectivity index (χ3v) is 4.40. The van der Waals surface area contributed by atoms with Gasteiger partial charge < -0.3 is 10.1 Å². The molecule has 0 spiro atoms. The topological polar surface area (TPSA) is 55.4 Å². The summed E-state index contributed by atoms with van der Waals surface area (Å²) in [6, 6.07) is 4.68. The highest BCUT2D eigenvalue weighted by atomic mass is 32.1. The molecule has 1 amide bonds. The van der Waals surface area contributed by atoms with Gasteiger partial charge in [0.2, 0.25) is 0 Å². The standard InChI is InChI=1S/C16H16FNO3S/c1-4-8-18-15(19)10(3)21-16(20)14-9(2)13-11(17)6-5-7-12(13)22-14/h4-7,10H,1,8H2,2-3H3,(H,18,19)/t10-/m1/s1. The van der Waals surface area contributed by atoms with Crippen LogP contribution in [0.15, 0.2) is 30.9 Å². The third kappa shape index (κ3) is 3.17. The fourth-order valence-corrected chi connectivity index (χ4v) is 3.14. The van der Waals surface area contributed by atoms with Gasteiger partial charge in [-0.1, -0.05) is 12.1 Å². The molecule has 0 saturated carbocycles. The predicted octanol–water partition coefficient (Wildman–Crippen LogP) is 3.20. The van der Waals surface area contributed by atoms with Gasteiger partial charge in [-0.05, 0) is 31.5 Å². The smallest absolute Gasteiger partial charge is 0.349 e. The summed E-state index contributed by atoms with van der Waals surface area (Å²) in [5.74, 6) is -1.40. The van der Waals surface area contributed by atoms with E-state index < -0.39 is 18.0 Å². The van der Waals surface area contributed by atoms with Crippen molar-refractivity contribution in [1.29, 1.82) is 0 Å². The van der Waals surface area contributed by atoms with E-state index in [0.29, 0.717) is 27.1 Å². The maximum atomic E-state index is 13.8. The van der Waals surface area contributed by atoms with E-state index in [1.807, 2.05) is 0 Å². The summed E-state index contributed by atoms with van der Waals surface area (Å²) in [5.41, 5.74) is 0.529. The molecule has 0 unspecified atom stereocenters. The molecule has 1 aromatic heterocycles. The Kier molecular flexibility index (Phi) is 4.92. The zero-order valence-electron chi connectivity index (χ0n) is 12.3. The fourth-order valence-electron chi connectivity index (χ4n) is 2.03. The lowest BCUT2D eigenvalue weighted by Gasteiger charge is -2.12. The summed E-state index contributed by atoms with van der Waals surface area (Å²) in [5, 5.41) is 2.97. The number of rotatable bonds is 5. The highest BCUT2D eigenvalue weighted by Gasteiger charge is 2.23. The fraction of sp³-hybridized carbons (Fsp3) is 0.250. The van der Waals surface area contributed by atoms with Gasteiger partial charge in [0, 0.05) is 16.6 Å². The average Bonchev–Trinajstić information content (AvgIpc) is 2.83. The molecule has 0 saturated heterocycles. The van der Waals surface area contributed by atoms with E-state index in [2.05, 4.69) is 11.9 Å². The van der Waals surface area contributed by atoms with Crippen LogP contribution in [0.4, 0.5) is 4.39 Å². The Morgan fingerprint density at radius 3 is 2.86 bits per heavy atom. The molecule has 6 heteroatoms. The van der Waals surface area contributed by atoms with Crippen LogP contribution in [-0.2, 0) is 9.53 Å². The summed E-state index contributed by atoms with van der Waals surface area (Å²) >= 11 is 1.16. The predicted molar refractivity (Wildman–Crippen MR) is 84.6 cm³/mol. The average molecular weight is 321 g/mol. The molecule has 1 N–H and O–H groups in total. The lowest BCUT2D eigenvalue weighted by molar-refractivity contribution is -0.128. The maximum Gasteiger partial charge on any atom is 0.349 e. The molecule has 22 heavy (non-hydrogen) atoms. The number of halogens is 1. The van der Waals surface area contributed by atoms with Crippen LogP contribution >= 0.6 is 11.3 Å². The van der Waals surface area contributed by atoms with Gasteiger partial charge in [0.15, 0.2) is 6.10 Å². The lowest BCUT2D eigenvalue weighted by atomic mass is 10.1. The van der Waals surface area contributed by atoms with Crippen LogP contribution in [0, 0.1) is 12.7 Å². The van der Waals surface area contributed by atoms with Gasteiger partial charge in [-0.25, -0.2) is 9.18 Å². The van der Waals surface area contributed by atoms with Crippen molar-refractivity contribution < 1.29 is 18.7 Å². The van der Waals surface area contributed by atoms with Crippen molar-refractivity contribution in [2.75, 3.05) is 6.54 Å². The molecule has 1 aromatic carbocycles. The number of hydrogen-bond donors (Lipinski definition) is 1. The molecule has 0 aliphatic rings. The minimum atomic E-state index is -0.929. The third-order valence-electron chi connectivity index (χ3n) is 3.16. The SMILES string of the molecule is C=CCNC(=O)[C@@H](C)OC(=O)c1sc2cccc(F)c2c1C. The number of ether oxygens (including phenoxy) is 1. The number of carbonyl (C=O) groups is 2. The first-order valence-electron chi connectivity index (χ1n) is 6.73. The number of carbonyl (C=O) groups excluding carboxylic acids is 2. The number of aryl methyl sites for hydroxylation is 1. The Labute approximate surface area is 131 Å². The molecule has 1 heterocycles. The summed E-state index contributed by atoms with van der Waals surface area (Å²) in [4.78, 5) is 24.2. The van der Waals surface area contributed by atoms with E-state index in [4.69, 9.17) is 4.74 Å². The quantitative estimate of drug-likeness (QED) is 0.680. The Bertz CT molecular complexity index is 738. The van der Waals surface area contributed by atoms with Crippen molar-refractivity contribution in [3.63, 3.8) is 0 Å². The van der Waals surface area contributed by atoms with Crippen LogP contribution in [0.2, 0.25) is 0 Å². The van der Waals surface area contributed by atoms with E-state index >= 15 is 0 Å². The number of nitrogens with one attached hydrogen (secondary N) is 1. The van der Waals surface area contributed by atoms with Crippen molar-refractivity contribution in [2.45, 2.75) is 20.0 Å². The number of amides is 1. The highest BCUT2D eigenvalue weighted by molar-refractivity contribution is 7.21. The molecule has 0 aliphatic heterocycles. The second-order valence-electron chi connectivity index (χ2n) is 4.75. The van der Waals surface area contributed by atoms with Crippen LogP contribution in [0.25, 0.3) is 10.1 Å². The van der Waals surface area contributed by atoms with Crippen LogP contribution in [-0.4, -0.2) is 24.5 Å². The molecule has 2 aromatic rings. The van der Waals surface area contributed by atoms with Gasteiger partial charge in [-0.3, -0.25) is 4.79 Å². The molecule has 1 atom stereocenters. The molecule has 4 nitrogen and oxygen atoms in total. The number of hydrogen-bond acceptors (Lipinski definition) is 4. The van der Waals surface area contributed by atoms with Gasteiger partial charge in [-0.2, -0.15) is 0 Å². The molecule has 0 radical (unpaired) electrons. The first kappa shape index (κ1) is 16.2. The summed E-state index contributed by atoms with van der Waals surface area (Å²) < 4.78 is 19.7. The molecule has 0 aliphatic carbocycles. The largest absolute Gasteiger partial charge is 0.448 e. The first-order chi connectivity index (χ1) is 10.5. The normalized spacial score (nSPS) is 12.0. The molecular weight excluding hydrogens is 305 g/mol. The molecule has 0 bridgehead atoms. The van der Waals surface area contributed by atoms with Crippen LogP contribution in [0.3, 0.4) is 0 Å². The van der Waals surface area contributed by atoms with Gasteiger partial charge in [0.05, 0.1) is 0 Å². The summed E-state index contributed by atoms with van der Waals surface area (Å²) in [7, 11) is 0. The van der Waals surface area contributed by atoms with Crippen LogP contribution in [0.1, 0.15) is 22.2 Å². The maximum absolute atomic E-state index is 13.8. The Morgan fingerprint density at radius 2 is 2.23 bits per heavy atom. The Morgan fingerprint density at radius 1 is 1.50 bits per heavy atom. The molecule has 2 rings (SSSR count). The van der Waals surface area contributed by atoms with Gasteiger partial charge >= 0.3 is 5.97 Å². The number of esters is 1. The van der Waals surface area contributed by atoms with Crippen molar-refractivity contribution >= 4 is 33.3 Å². The zero-order chi connectivity index (χ0) is 16.3. The number of benzene rings is 1. The van der Waals surface area contributed by atoms with E-state index in [9.17, 15) is 14.0 Å². The van der Waals surface area contributed by atoms with E-state index in [0.717, 1.165) is 11.3 Å². The lowest BCUT2D eigenvalue weighted by Crippen LogP contribution is -2.35. The van der Waals surface area contributed by atoms with E-state index in [1.165, 1.54) is 19.1 Å². The summed E-state index contributed by atoms with van der Waals surface area (Å²) in [6.07, 6.45) is 0.604. The first-order valence-corrected chi connectivity index (χ1v) is 7.54. The molecule has 0 fully saturated rings. The minimum absolute atomic E-state index is 0.299. The zero-order valence-corrected chi connectivity index (χ0v) is 13.1. The second kappa shape index (κ2) is 6.70. The van der Waals surface area contributed by atoms with Crippen LogP contribution < -0.4 is 5.32 Å². The van der Waals surface area contributed by atoms with Gasteiger partial charge in [-0.15, -0.1) is 17.9 Å². The molecular formula is C16H16FNO3S. The van der Waals surface area contributed by atoms with Crippen molar-refractivity contribution in [3.05, 3.63) is 47.1 Å². The monoisotopic (exact) mass is 321 g/mol. The Hall–Kier alpha value is -2.21. The number of thiophene rings is 1. The molecule has 116 valence electrons. The van der Waals surface area contributed by atoms with Crippen LogP contribution in [0.5, 0.6) is 0 Å². The number of fused-ring (bicyclic) bond motifs is 1. The van der Waals surface area contributed by atoms with Gasteiger partial charge in [0.25, 0.3) is 5.91 Å². The van der Waals surface area contributed by atoms with Crippen molar-refractivity contribution in [3.8, 4) is 0 Å². The van der Waals surface area contributed by atoms with Crippen molar-refractivity contribution in [1.82, 2.24) is 5.32 Å². The Balaban J connectivity index is 2.20. The highest BCUT2D eigenvalue weighted by Crippen LogP contribution is 2.33. The van der Waals surface area contributed by atoms with Crippen molar-refractivity contribution in [2.24, 2.45) is 0 Å². The van der Waals surface area contributed by atoms with E-state index in [-0.39, 0.29) is 5.82 Å². The minimum Gasteiger partial charge on any atom is -0.448 e. The second-order valence-corrected chi connectivity index (χ2v) is 5.80. The van der Waals surface area contributed by atoms with E-state index in [1.54, 1.807) is 19.1 Å². The summed E-state index contributed by atoms with van der Waals surface area (Å²) in [6.45, 7) is 6.94. The van der Waals surface area contributed by atoms with Gasteiger partial charge in [0.1, 0.15) is 10.7 Å².